The third-order valence-corrected chi connectivity index (χ3v) is 4.34. The summed E-state index contributed by atoms with van der Waals surface area (Å²) in [5, 5.41) is 0. The van der Waals surface area contributed by atoms with Gasteiger partial charge in [-0.2, -0.15) is 0 Å². The third kappa shape index (κ3) is 2.93. The van der Waals surface area contributed by atoms with Gasteiger partial charge in [0.05, 0.1) is 16.7 Å². The van der Waals surface area contributed by atoms with Crippen LogP contribution in [0.15, 0.2) is 16.6 Å². The minimum Gasteiger partial charge on any atom is -0.389 e. The Balaban J connectivity index is 2.35. The van der Waals surface area contributed by atoms with Gasteiger partial charge in [-0.15, -0.1) is 0 Å². The number of likely N-dealkylation sites (N-methyl/N-ethyl adjacent to an activating group) is 1. The molecule has 0 atom stereocenters. The molecule has 0 radical (unpaired) electrons. The summed E-state index contributed by atoms with van der Waals surface area (Å²) < 4.78 is 14.7. The zero-order chi connectivity index (χ0) is 14.9. The Morgan fingerprint density at radius 3 is 2.80 bits per heavy atom. The fourth-order valence-electron chi connectivity index (χ4n) is 2.17. The molecule has 0 aliphatic carbocycles. The summed E-state index contributed by atoms with van der Waals surface area (Å²) in [5.41, 5.74) is 6.38. The van der Waals surface area contributed by atoms with Gasteiger partial charge in [0.25, 0.3) is 0 Å². The molecule has 1 aromatic rings. The second kappa shape index (κ2) is 6.05. The SMILES string of the molecule is CN1CCCN(c2ccc(C(N)=S)c(Br)c2F)CC1=O. The first-order chi connectivity index (χ1) is 9.41. The van der Waals surface area contributed by atoms with Crippen LogP contribution in [0.2, 0.25) is 0 Å². The molecule has 4 nitrogen and oxygen atoms in total. The number of hydrogen-bond acceptors (Lipinski definition) is 3. The standard InChI is InChI=1S/C13H15BrFN3OS/c1-17-5-2-6-18(7-10(17)19)9-4-3-8(13(16)20)11(14)12(9)15/h3-4H,2,5-7H2,1H3,(H2,16,20). The van der Waals surface area contributed by atoms with Gasteiger partial charge in [-0.05, 0) is 34.5 Å². The smallest absolute Gasteiger partial charge is 0.241 e. The van der Waals surface area contributed by atoms with Gasteiger partial charge in [0.2, 0.25) is 5.91 Å². The van der Waals surface area contributed by atoms with Crippen LogP contribution in [-0.4, -0.2) is 42.5 Å². The number of nitrogens with two attached hydrogens (primary N) is 1. The highest BCUT2D eigenvalue weighted by Crippen LogP contribution is 2.30. The first-order valence-electron chi connectivity index (χ1n) is 6.18. The lowest BCUT2D eigenvalue weighted by molar-refractivity contribution is -0.127. The van der Waals surface area contributed by atoms with Crippen LogP contribution >= 0.6 is 28.1 Å². The number of anilines is 1. The van der Waals surface area contributed by atoms with Crippen LogP contribution in [0.25, 0.3) is 0 Å². The summed E-state index contributed by atoms with van der Waals surface area (Å²) >= 11 is 8.05. The van der Waals surface area contributed by atoms with Gasteiger partial charge in [-0.3, -0.25) is 4.79 Å². The largest absolute Gasteiger partial charge is 0.389 e. The fraction of sp³-hybridized carbons (Fsp3) is 0.385. The van der Waals surface area contributed by atoms with E-state index in [-0.39, 0.29) is 21.9 Å². The first kappa shape index (κ1) is 15.2. The molecule has 0 spiro atoms. The van der Waals surface area contributed by atoms with Gasteiger partial charge >= 0.3 is 0 Å². The third-order valence-electron chi connectivity index (χ3n) is 3.34. The number of hydrogen-bond donors (Lipinski definition) is 1. The number of thiocarbonyl (C=S) groups is 1. The van der Waals surface area contributed by atoms with E-state index in [1.54, 1.807) is 29.0 Å². The van der Waals surface area contributed by atoms with Crippen molar-refractivity contribution in [1.29, 1.82) is 0 Å². The Kier molecular flexibility index (Phi) is 4.59. The molecule has 7 heteroatoms. The Labute approximate surface area is 130 Å². The molecule has 0 saturated carbocycles. The predicted octanol–water partition coefficient (Wildman–Crippen LogP) is 1.89. The molecule has 1 aromatic carbocycles. The van der Waals surface area contributed by atoms with Gasteiger partial charge in [-0.25, -0.2) is 4.39 Å². The molecule has 1 amide bonds. The summed E-state index contributed by atoms with van der Waals surface area (Å²) in [6, 6.07) is 3.29. The Morgan fingerprint density at radius 1 is 1.45 bits per heavy atom. The number of rotatable bonds is 2. The lowest BCUT2D eigenvalue weighted by atomic mass is 10.1. The first-order valence-corrected chi connectivity index (χ1v) is 7.38. The maximum atomic E-state index is 14.4. The maximum absolute atomic E-state index is 14.4. The van der Waals surface area contributed by atoms with E-state index in [1.165, 1.54) is 0 Å². The molecule has 0 bridgehead atoms. The number of carbonyl (C=O) groups is 1. The van der Waals surface area contributed by atoms with E-state index in [0.29, 0.717) is 24.3 Å². The monoisotopic (exact) mass is 359 g/mol. The molecule has 20 heavy (non-hydrogen) atoms. The zero-order valence-corrected chi connectivity index (χ0v) is 13.4. The molecule has 1 aliphatic rings. The quantitative estimate of drug-likeness (QED) is 0.819. The number of halogens is 2. The lowest BCUT2D eigenvalue weighted by Crippen LogP contribution is -2.34. The van der Waals surface area contributed by atoms with E-state index in [1.807, 2.05) is 0 Å². The van der Waals surface area contributed by atoms with E-state index in [0.717, 1.165) is 6.42 Å². The average Bonchev–Trinajstić information content (AvgIpc) is 2.55. The highest BCUT2D eigenvalue weighted by molar-refractivity contribution is 9.10. The molecule has 0 unspecified atom stereocenters. The van der Waals surface area contributed by atoms with Gasteiger partial charge < -0.3 is 15.5 Å². The molecule has 2 rings (SSSR count). The molecular weight excluding hydrogens is 345 g/mol. The van der Waals surface area contributed by atoms with Crippen LogP contribution in [0.5, 0.6) is 0 Å². The minimum atomic E-state index is -0.437. The lowest BCUT2D eigenvalue weighted by Gasteiger charge is -2.23. The van der Waals surface area contributed by atoms with Crippen molar-refractivity contribution in [3.8, 4) is 0 Å². The topological polar surface area (TPSA) is 49.6 Å². The molecule has 1 fully saturated rings. The molecule has 1 saturated heterocycles. The van der Waals surface area contributed by atoms with Crippen LogP contribution in [0.4, 0.5) is 10.1 Å². The summed E-state index contributed by atoms with van der Waals surface area (Å²) in [6.45, 7) is 1.49. The van der Waals surface area contributed by atoms with Crippen LogP contribution in [0.3, 0.4) is 0 Å². The van der Waals surface area contributed by atoms with E-state index in [2.05, 4.69) is 15.9 Å². The highest BCUT2D eigenvalue weighted by atomic mass is 79.9. The molecule has 2 N–H and O–H groups in total. The van der Waals surface area contributed by atoms with Crippen molar-refractivity contribution in [3.63, 3.8) is 0 Å². The fourth-order valence-corrected chi connectivity index (χ4v) is 3.02. The van der Waals surface area contributed by atoms with Crippen molar-refractivity contribution in [2.75, 3.05) is 31.6 Å². The number of amides is 1. The molecule has 0 aromatic heterocycles. The second-order valence-corrected chi connectivity index (χ2v) is 5.95. The molecule has 1 aliphatic heterocycles. The normalized spacial score (nSPS) is 16.2. The van der Waals surface area contributed by atoms with Crippen molar-refractivity contribution >= 4 is 44.7 Å². The van der Waals surface area contributed by atoms with E-state index >= 15 is 0 Å². The van der Waals surface area contributed by atoms with E-state index < -0.39 is 5.82 Å². The summed E-state index contributed by atoms with van der Waals surface area (Å²) in [4.78, 5) is 15.4. The van der Waals surface area contributed by atoms with Crippen molar-refractivity contribution < 1.29 is 9.18 Å². The van der Waals surface area contributed by atoms with E-state index in [4.69, 9.17) is 18.0 Å². The zero-order valence-electron chi connectivity index (χ0n) is 11.0. The summed E-state index contributed by atoms with van der Waals surface area (Å²) in [7, 11) is 1.76. The molecule has 1 heterocycles. The molecular formula is C13H15BrFN3OS. The van der Waals surface area contributed by atoms with Crippen LogP contribution in [0, 0.1) is 5.82 Å². The molecule has 108 valence electrons. The number of benzene rings is 1. The summed E-state index contributed by atoms with van der Waals surface area (Å²) in [5.74, 6) is -0.455. The summed E-state index contributed by atoms with van der Waals surface area (Å²) in [6.07, 6.45) is 0.802. The second-order valence-electron chi connectivity index (χ2n) is 4.71. The average molecular weight is 360 g/mol. The maximum Gasteiger partial charge on any atom is 0.241 e. The number of carbonyl (C=O) groups excluding carboxylic acids is 1. The highest BCUT2D eigenvalue weighted by Gasteiger charge is 2.23. The van der Waals surface area contributed by atoms with Gasteiger partial charge in [-0.1, -0.05) is 12.2 Å². The van der Waals surface area contributed by atoms with Crippen molar-refractivity contribution in [3.05, 3.63) is 28.0 Å². The van der Waals surface area contributed by atoms with Crippen LogP contribution in [0.1, 0.15) is 12.0 Å². The Bertz CT molecular complexity index is 567. The number of nitrogens with zero attached hydrogens (tertiary/aromatic N) is 2. The van der Waals surface area contributed by atoms with Crippen molar-refractivity contribution in [1.82, 2.24) is 4.90 Å². The minimum absolute atomic E-state index is 0.0172. The Morgan fingerprint density at radius 2 is 2.15 bits per heavy atom. The van der Waals surface area contributed by atoms with Crippen molar-refractivity contribution in [2.45, 2.75) is 6.42 Å². The predicted molar refractivity (Wildman–Crippen MR) is 84.5 cm³/mol. The van der Waals surface area contributed by atoms with Gasteiger partial charge in [0.15, 0.2) is 5.82 Å². The Hall–Kier alpha value is -1.21. The van der Waals surface area contributed by atoms with Gasteiger partial charge in [0.1, 0.15) is 4.99 Å². The van der Waals surface area contributed by atoms with Crippen molar-refractivity contribution in [2.24, 2.45) is 5.73 Å². The van der Waals surface area contributed by atoms with Crippen LogP contribution in [-0.2, 0) is 4.79 Å². The van der Waals surface area contributed by atoms with Crippen LogP contribution < -0.4 is 10.6 Å². The van der Waals surface area contributed by atoms with E-state index in [9.17, 15) is 9.18 Å². The van der Waals surface area contributed by atoms with Gasteiger partial charge in [0, 0.05) is 25.7 Å².